The Balaban J connectivity index is 2.01. The maximum atomic E-state index is 12.7. The maximum absolute atomic E-state index is 12.7. The van der Waals surface area contributed by atoms with Crippen LogP contribution in [0.15, 0.2) is 24.3 Å². The van der Waals surface area contributed by atoms with E-state index in [4.69, 9.17) is 17.3 Å². The fourth-order valence-corrected chi connectivity index (χ4v) is 3.18. The molecule has 6 heteroatoms. The summed E-state index contributed by atoms with van der Waals surface area (Å²) < 4.78 is 1.44. The van der Waals surface area contributed by atoms with Crippen molar-refractivity contribution < 1.29 is 4.79 Å². The minimum Gasteiger partial charge on any atom is -0.382 e. The Kier molecular flexibility index (Phi) is 4.35. The van der Waals surface area contributed by atoms with Crippen LogP contribution in [0.3, 0.4) is 0 Å². The first-order valence-electron chi connectivity index (χ1n) is 7.70. The normalized spacial score (nSPS) is 15.3. The Morgan fingerprint density at radius 2 is 1.91 bits per heavy atom. The molecular weight excluding hydrogens is 312 g/mol. The van der Waals surface area contributed by atoms with Gasteiger partial charge in [-0.2, -0.15) is 10.4 Å². The molecule has 0 aliphatic heterocycles. The third-order valence-electron chi connectivity index (χ3n) is 4.31. The highest BCUT2D eigenvalue weighted by Gasteiger charge is 2.29. The number of nitriles is 1. The van der Waals surface area contributed by atoms with Gasteiger partial charge in [-0.1, -0.05) is 30.9 Å². The number of aromatic nitrogens is 2. The fourth-order valence-electron chi connectivity index (χ4n) is 3.05. The Bertz CT molecular complexity index is 767. The topological polar surface area (TPSA) is 84.7 Å². The largest absolute Gasteiger partial charge is 0.382 e. The number of anilines is 1. The van der Waals surface area contributed by atoms with Gasteiger partial charge in [0.15, 0.2) is 5.78 Å². The molecular formula is C17H17ClN4O. The Morgan fingerprint density at radius 3 is 2.52 bits per heavy atom. The molecule has 5 nitrogen and oxygen atoms in total. The zero-order chi connectivity index (χ0) is 16.4. The first-order valence-corrected chi connectivity index (χ1v) is 8.08. The molecule has 2 N–H and O–H groups in total. The molecule has 1 aromatic heterocycles. The molecule has 0 unspecified atom stereocenters. The van der Waals surface area contributed by atoms with Gasteiger partial charge < -0.3 is 5.73 Å². The average Bonchev–Trinajstić information content (AvgIpc) is 2.92. The van der Waals surface area contributed by atoms with Crippen molar-refractivity contribution in [3.05, 3.63) is 40.5 Å². The van der Waals surface area contributed by atoms with Crippen LogP contribution < -0.4 is 5.73 Å². The zero-order valence-electron chi connectivity index (χ0n) is 12.6. The van der Waals surface area contributed by atoms with Gasteiger partial charge in [-0.15, -0.1) is 0 Å². The van der Waals surface area contributed by atoms with Crippen molar-refractivity contribution in [1.29, 1.82) is 5.26 Å². The summed E-state index contributed by atoms with van der Waals surface area (Å²) in [4.78, 5) is 12.7. The number of halogens is 1. The van der Waals surface area contributed by atoms with Gasteiger partial charge in [0.2, 0.25) is 0 Å². The van der Waals surface area contributed by atoms with Crippen LogP contribution >= 0.6 is 11.6 Å². The second kappa shape index (κ2) is 6.43. The number of rotatable bonds is 3. The van der Waals surface area contributed by atoms with Crippen LogP contribution in [0.25, 0.3) is 5.69 Å². The van der Waals surface area contributed by atoms with Crippen molar-refractivity contribution in [3.8, 4) is 11.8 Å². The molecule has 0 radical (unpaired) electrons. The quantitative estimate of drug-likeness (QED) is 0.870. The van der Waals surface area contributed by atoms with E-state index in [2.05, 4.69) is 5.10 Å². The van der Waals surface area contributed by atoms with E-state index in [1.54, 1.807) is 24.3 Å². The van der Waals surface area contributed by atoms with Crippen LogP contribution in [0.1, 0.15) is 48.2 Å². The summed E-state index contributed by atoms with van der Waals surface area (Å²) in [7, 11) is 0. The molecule has 1 aliphatic rings. The molecule has 1 aromatic carbocycles. The number of Topliss-reactive ketones (excluding diaryl/α,β-unsaturated/α-hetero) is 1. The summed E-state index contributed by atoms with van der Waals surface area (Å²) in [6.07, 6.45) is 4.97. The van der Waals surface area contributed by atoms with Crippen LogP contribution in [-0.2, 0) is 0 Å². The van der Waals surface area contributed by atoms with E-state index in [1.165, 1.54) is 4.68 Å². The van der Waals surface area contributed by atoms with Crippen LogP contribution in [-0.4, -0.2) is 15.6 Å². The molecule has 0 amide bonds. The smallest absolute Gasteiger partial charge is 0.187 e. The maximum Gasteiger partial charge on any atom is 0.187 e. The molecule has 2 aromatic rings. The lowest BCUT2D eigenvalue weighted by molar-refractivity contribution is 0.0883. The van der Waals surface area contributed by atoms with Crippen molar-refractivity contribution >= 4 is 23.2 Å². The Labute approximate surface area is 139 Å². The van der Waals surface area contributed by atoms with Crippen molar-refractivity contribution in [3.63, 3.8) is 0 Å². The first-order chi connectivity index (χ1) is 11.1. The van der Waals surface area contributed by atoms with Gasteiger partial charge in [0.1, 0.15) is 23.1 Å². The van der Waals surface area contributed by atoms with Crippen LogP contribution in [0, 0.1) is 17.2 Å². The monoisotopic (exact) mass is 328 g/mol. The van der Waals surface area contributed by atoms with Gasteiger partial charge in [0.25, 0.3) is 0 Å². The predicted molar refractivity (Wildman–Crippen MR) is 88.6 cm³/mol. The summed E-state index contributed by atoms with van der Waals surface area (Å²) in [6.45, 7) is 0. The van der Waals surface area contributed by atoms with Crippen molar-refractivity contribution in [2.45, 2.75) is 32.1 Å². The van der Waals surface area contributed by atoms with Gasteiger partial charge >= 0.3 is 0 Å². The number of hydrogen-bond acceptors (Lipinski definition) is 4. The molecule has 0 saturated heterocycles. The number of carbonyl (C=O) groups is 1. The van der Waals surface area contributed by atoms with Crippen LogP contribution in [0.5, 0.6) is 0 Å². The lowest BCUT2D eigenvalue weighted by Gasteiger charge is -2.19. The number of nitrogens with two attached hydrogens (primary N) is 1. The molecule has 0 atom stereocenters. The van der Waals surface area contributed by atoms with E-state index in [1.807, 2.05) is 6.07 Å². The third kappa shape index (κ3) is 2.95. The molecule has 1 saturated carbocycles. The molecule has 3 rings (SSSR count). The van der Waals surface area contributed by atoms with Gasteiger partial charge in [0.05, 0.1) is 5.69 Å². The molecule has 1 heterocycles. The molecule has 1 fully saturated rings. The first kappa shape index (κ1) is 15.6. The number of nitrogen functional groups attached to an aromatic ring is 1. The van der Waals surface area contributed by atoms with Gasteiger partial charge in [0, 0.05) is 10.9 Å². The number of benzene rings is 1. The number of hydrogen-bond donors (Lipinski definition) is 1. The molecule has 23 heavy (non-hydrogen) atoms. The van der Waals surface area contributed by atoms with E-state index >= 15 is 0 Å². The van der Waals surface area contributed by atoms with Gasteiger partial charge in [-0.05, 0) is 37.1 Å². The minimum atomic E-state index is -0.0688. The highest BCUT2D eigenvalue weighted by Crippen LogP contribution is 2.29. The summed E-state index contributed by atoms with van der Waals surface area (Å²) in [5, 5.41) is 14.3. The van der Waals surface area contributed by atoms with Crippen molar-refractivity contribution in [2.24, 2.45) is 5.92 Å². The molecule has 0 bridgehead atoms. The standard InChI is InChI=1S/C17H17ClN4O/c18-12-6-8-13(9-7-12)22-17(20)14(10-19)15(21-22)16(23)11-4-2-1-3-5-11/h6-9,11H,1-5,20H2. The molecule has 1 aliphatic carbocycles. The SMILES string of the molecule is N#Cc1c(C(=O)C2CCCCC2)nn(-c2ccc(Cl)cc2)c1N. The molecule has 0 spiro atoms. The Hall–Kier alpha value is -2.32. The average molecular weight is 329 g/mol. The third-order valence-corrected chi connectivity index (χ3v) is 4.57. The molecule has 118 valence electrons. The summed E-state index contributed by atoms with van der Waals surface area (Å²) in [5.41, 5.74) is 7.07. The number of carbonyl (C=O) groups excluding carboxylic acids is 1. The van der Waals surface area contributed by atoms with E-state index < -0.39 is 0 Å². The number of ketones is 1. The minimum absolute atomic E-state index is 0.0520. The van der Waals surface area contributed by atoms with E-state index in [9.17, 15) is 10.1 Å². The predicted octanol–water partition coefficient (Wildman–Crippen LogP) is 3.74. The summed E-state index contributed by atoms with van der Waals surface area (Å²) >= 11 is 5.89. The number of nitrogens with zero attached hydrogens (tertiary/aromatic N) is 3. The zero-order valence-corrected chi connectivity index (χ0v) is 13.4. The van der Waals surface area contributed by atoms with Gasteiger partial charge in [-0.25, -0.2) is 4.68 Å². The van der Waals surface area contributed by atoms with Crippen LogP contribution in [0.2, 0.25) is 5.02 Å². The highest BCUT2D eigenvalue weighted by molar-refractivity contribution is 6.30. The highest BCUT2D eigenvalue weighted by atomic mass is 35.5. The second-order valence-electron chi connectivity index (χ2n) is 5.81. The van der Waals surface area contributed by atoms with Crippen molar-refractivity contribution in [2.75, 3.05) is 5.73 Å². The second-order valence-corrected chi connectivity index (χ2v) is 6.24. The summed E-state index contributed by atoms with van der Waals surface area (Å²) in [5.74, 6) is 0.0680. The summed E-state index contributed by atoms with van der Waals surface area (Å²) in [6, 6.07) is 8.96. The van der Waals surface area contributed by atoms with Crippen molar-refractivity contribution in [1.82, 2.24) is 9.78 Å². The van der Waals surface area contributed by atoms with Crippen LogP contribution in [0.4, 0.5) is 5.82 Å². The lowest BCUT2D eigenvalue weighted by atomic mass is 9.84. The van der Waals surface area contributed by atoms with E-state index in [0.29, 0.717) is 10.7 Å². The Morgan fingerprint density at radius 1 is 1.26 bits per heavy atom. The van der Waals surface area contributed by atoms with Gasteiger partial charge in [-0.3, -0.25) is 4.79 Å². The lowest BCUT2D eigenvalue weighted by Crippen LogP contribution is -2.19. The fraction of sp³-hybridized carbons (Fsp3) is 0.353. The van der Waals surface area contributed by atoms with E-state index in [-0.39, 0.29) is 28.8 Å². The van der Waals surface area contributed by atoms with E-state index in [0.717, 1.165) is 32.1 Å².